The first-order chi connectivity index (χ1) is 11.0. The number of amides is 1. The molecule has 0 saturated carbocycles. The quantitative estimate of drug-likeness (QED) is 0.813. The zero-order valence-electron chi connectivity index (χ0n) is 13.8. The summed E-state index contributed by atoms with van der Waals surface area (Å²) in [5.74, 6) is 0.551. The van der Waals surface area contributed by atoms with E-state index >= 15 is 0 Å². The van der Waals surface area contributed by atoms with Gasteiger partial charge in [0.2, 0.25) is 5.82 Å². The van der Waals surface area contributed by atoms with Crippen LogP contribution in [0.4, 0.5) is 0 Å². The van der Waals surface area contributed by atoms with Crippen molar-refractivity contribution in [1.82, 2.24) is 19.7 Å². The first-order valence-electron chi connectivity index (χ1n) is 7.48. The molecule has 0 bridgehead atoms. The van der Waals surface area contributed by atoms with Gasteiger partial charge in [0.1, 0.15) is 5.82 Å². The monoisotopic (exact) mass is 336 g/mol. The number of carbonyl (C=O) groups is 1. The van der Waals surface area contributed by atoms with Gasteiger partial charge in [-0.2, -0.15) is 0 Å². The van der Waals surface area contributed by atoms with Crippen molar-refractivity contribution in [3.63, 3.8) is 0 Å². The molecule has 7 heteroatoms. The van der Waals surface area contributed by atoms with E-state index in [1.165, 1.54) is 0 Å². The molecule has 23 heavy (non-hydrogen) atoms. The highest BCUT2D eigenvalue weighted by Gasteiger charge is 2.24. The van der Waals surface area contributed by atoms with Crippen molar-refractivity contribution in [2.24, 2.45) is 0 Å². The van der Waals surface area contributed by atoms with Crippen LogP contribution in [0.15, 0.2) is 24.3 Å². The second-order valence-electron chi connectivity index (χ2n) is 5.24. The van der Waals surface area contributed by atoms with Crippen LogP contribution >= 0.6 is 11.6 Å². The van der Waals surface area contributed by atoms with Crippen molar-refractivity contribution >= 4 is 17.5 Å². The Morgan fingerprint density at radius 2 is 2.13 bits per heavy atom. The van der Waals surface area contributed by atoms with E-state index in [9.17, 15) is 4.79 Å². The highest BCUT2D eigenvalue weighted by molar-refractivity contribution is 6.32. The Morgan fingerprint density at radius 3 is 2.74 bits per heavy atom. The summed E-state index contributed by atoms with van der Waals surface area (Å²) in [5, 5.41) is 4.90. The Kier molecular flexibility index (Phi) is 5.74. The molecule has 0 aliphatic heterocycles. The first-order valence-corrected chi connectivity index (χ1v) is 7.85. The zero-order chi connectivity index (χ0) is 17.0. The first kappa shape index (κ1) is 17.4. The third kappa shape index (κ3) is 3.71. The topological polar surface area (TPSA) is 60.2 Å². The van der Waals surface area contributed by atoms with Crippen LogP contribution in [0, 0.1) is 6.92 Å². The van der Waals surface area contributed by atoms with Crippen LogP contribution in [0.5, 0.6) is 0 Å². The molecule has 1 aromatic carbocycles. The molecule has 2 aromatic rings. The number of ether oxygens (including phenoxy) is 1. The summed E-state index contributed by atoms with van der Waals surface area (Å²) in [6, 6.07) is 7.27. The molecule has 0 spiro atoms. The fourth-order valence-corrected chi connectivity index (χ4v) is 2.66. The van der Waals surface area contributed by atoms with E-state index in [2.05, 4.69) is 10.1 Å². The number of hydrogen-bond acceptors (Lipinski definition) is 4. The number of rotatable bonds is 6. The molecule has 0 aliphatic rings. The van der Waals surface area contributed by atoms with Gasteiger partial charge in [-0.25, -0.2) is 9.67 Å². The molecule has 6 nitrogen and oxygen atoms in total. The predicted octanol–water partition coefficient (Wildman–Crippen LogP) is 2.73. The molecule has 0 N–H and O–H groups in total. The molecule has 124 valence electrons. The second kappa shape index (κ2) is 7.57. The number of likely N-dealkylation sites (N-methyl/N-ethyl adjacent to an activating group) is 1. The lowest BCUT2D eigenvalue weighted by Crippen LogP contribution is -2.41. The van der Waals surface area contributed by atoms with Crippen molar-refractivity contribution < 1.29 is 9.53 Å². The van der Waals surface area contributed by atoms with Gasteiger partial charge in [-0.05, 0) is 32.9 Å². The van der Waals surface area contributed by atoms with Gasteiger partial charge in [0, 0.05) is 13.7 Å². The van der Waals surface area contributed by atoms with Crippen LogP contribution < -0.4 is 0 Å². The molecule has 0 radical (unpaired) electrons. The summed E-state index contributed by atoms with van der Waals surface area (Å²) in [6.45, 7) is 6.67. The van der Waals surface area contributed by atoms with Crippen LogP contribution in [0.1, 0.15) is 30.3 Å². The van der Waals surface area contributed by atoms with Crippen molar-refractivity contribution in [1.29, 1.82) is 0 Å². The SMILES string of the molecule is CCN(C(=O)c1nc(C)n(-c2ccccc2Cl)n1)[C@H](C)COC. The predicted molar refractivity (Wildman–Crippen MR) is 89.2 cm³/mol. The van der Waals surface area contributed by atoms with E-state index in [0.717, 1.165) is 0 Å². The maximum atomic E-state index is 12.7. The Labute approximate surface area is 141 Å². The summed E-state index contributed by atoms with van der Waals surface area (Å²) >= 11 is 6.20. The van der Waals surface area contributed by atoms with E-state index in [4.69, 9.17) is 16.3 Å². The molecule has 0 saturated heterocycles. The summed E-state index contributed by atoms with van der Waals surface area (Å²) in [6.07, 6.45) is 0. The summed E-state index contributed by atoms with van der Waals surface area (Å²) in [4.78, 5) is 18.7. The lowest BCUT2D eigenvalue weighted by Gasteiger charge is -2.26. The summed E-state index contributed by atoms with van der Waals surface area (Å²) in [7, 11) is 1.61. The summed E-state index contributed by atoms with van der Waals surface area (Å²) in [5.41, 5.74) is 0.700. The number of carbonyl (C=O) groups excluding carboxylic acids is 1. The maximum absolute atomic E-state index is 12.7. The maximum Gasteiger partial charge on any atom is 0.293 e. The lowest BCUT2D eigenvalue weighted by molar-refractivity contribution is 0.0567. The van der Waals surface area contributed by atoms with E-state index in [0.29, 0.717) is 29.7 Å². The second-order valence-corrected chi connectivity index (χ2v) is 5.65. The number of benzene rings is 1. The van der Waals surface area contributed by atoms with E-state index in [-0.39, 0.29) is 17.8 Å². The van der Waals surface area contributed by atoms with Gasteiger partial charge < -0.3 is 9.64 Å². The number of methoxy groups -OCH3 is 1. The number of nitrogens with zero attached hydrogens (tertiary/aromatic N) is 4. The molecule has 0 fully saturated rings. The minimum Gasteiger partial charge on any atom is -0.383 e. The molecular formula is C16H21ClN4O2. The van der Waals surface area contributed by atoms with Gasteiger partial charge in [0.25, 0.3) is 5.91 Å². The Bertz CT molecular complexity index is 686. The van der Waals surface area contributed by atoms with Crippen molar-refractivity contribution in [2.75, 3.05) is 20.3 Å². The molecule has 0 unspecified atom stereocenters. The number of para-hydroxylation sites is 1. The summed E-state index contributed by atoms with van der Waals surface area (Å²) < 4.78 is 6.72. The smallest absolute Gasteiger partial charge is 0.293 e. The third-order valence-electron chi connectivity index (χ3n) is 3.58. The van der Waals surface area contributed by atoms with E-state index in [1.807, 2.05) is 32.0 Å². The lowest BCUT2D eigenvalue weighted by atomic mass is 10.3. The van der Waals surface area contributed by atoms with Crippen LogP contribution in [-0.2, 0) is 4.74 Å². The van der Waals surface area contributed by atoms with Crippen LogP contribution in [0.2, 0.25) is 5.02 Å². The highest BCUT2D eigenvalue weighted by atomic mass is 35.5. The number of aromatic nitrogens is 3. The Balaban J connectivity index is 2.33. The number of aryl methyl sites for hydroxylation is 1. The van der Waals surface area contributed by atoms with Crippen molar-refractivity contribution in [3.8, 4) is 5.69 Å². The van der Waals surface area contributed by atoms with Crippen LogP contribution in [0.3, 0.4) is 0 Å². The van der Waals surface area contributed by atoms with Crippen LogP contribution in [0.25, 0.3) is 5.69 Å². The van der Waals surface area contributed by atoms with Gasteiger partial charge in [0.05, 0.1) is 23.4 Å². The molecule has 0 aliphatic carbocycles. The molecule has 1 heterocycles. The minimum atomic E-state index is -0.217. The van der Waals surface area contributed by atoms with Crippen molar-refractivity contribution in [2.45, 2.75) is 26.8 Å². The standard InChI is InChI=1S/C16H21ClN4O2/c1-5-20(11(2)10-23-4)16(22)15-18-12(3)21(19-15)14-9-7-6-8-13(14)17/h6-9,11H,5,10H2,1-4H3/t11-/m1/s1. The molecule has 1 atom stereocenters. The fourth-order valence-electron chi connectivity index (χ4n) is 2.45. The largest absolute Gasteiger partial charge is 0.383 e. The molecule has 2 rings (SSSR count). The normalized spacial score (nSPS) is 12.2. The number of hydrogen-bond donors (Lipinski definition) is 0. The van der Waals surface area contributed by atoms with Crippen LogP contribution in [-0.4, -0.2) is 51.9 Å². The highest BCUT2D eigenvalue weighted by Crippen LogP contribution is 2.20. The average Bonchev–Trinajstić information content (AvgIpc) is 2.90. The molecule has 1 amide bonds. The van der Waals surface area contributed by atoms with Gasteiger partial charge >= 0.3 is 0 Å². The average molecular weight is 337 g/mol. The van der Waals surface area contributed by atoms with E-state index in [1.54, 1.807) is 29.7 Å². The molecular weight excluding hydrogens is 316 g/mol. The van der Waals surface area contributed by atoms with E-state index < -0.39 is 0 Å². The van der Waals surface area contributed by atoms with Gasteiger partial charge in [0.15, 0.2) is 0 Å². The van der Waals surface area contributed by atoms with Gasteiger partial charge in [-0.1, -0.05) is 23.7 Å². The third-order valence-corrected chi connectivity index (χ3v) is 3.90. The fraction of sp³-hybridized carbons (Fsp3) is 0.438. The van der Waals surface area contributed by atoms with Gasteiger partial charge in [-0.3, -0.25) is 4.79 Å². The molecule has 1 aromatic heterocycles. The Hall–Kier alpha value is -1.92. The minimum absolute atomic E-state index is 0.0509. The Morgan fingerprint density at radius 1 is 1.43 bits per heavy atom. The number of halogens is 1. The zero-order valence-corrected chi connectivity index (χ0v) is 14.5. The van der Waals surface area contributed by atoms with Crippen molar-refractivity contribution in [3.05, 3.63) is 40.9 Å². The van der Waals surface area contributed by atoms with Gasteiger partial charge in [-0.15, -0.1) is 5.10 Å².